The van der Waals surface area contributed by atoms with Gasteiger partial charge in [-0.3, -0.25) is 29.0 Å². The number of hydrogen-bond donors (Lipinski definition) is 0. The Morgan fingerprint density at radius 1 is 0.442 bits per heavy atom. The van der Waals surface area contributed by atoms with E-state index < -0.39 is 169 Å². The van der Waals surface area contributed by atoms with Crippen LogP contribution >= 0.6 is 11.6 Å². The van der Waals surface area contributed by atoms with Crippen molar-refractivity contribution in [1.82, 2.24) is 9.80 Å². The molecule has 2 heterocycles. The SMILES string of the molecule is CC1C(F)C(Cl)C(F)C(N2C(=O)C3C(F)C(F)C(OC4C(F)C(F)C(OC5C(F)C(F)C6C(=O)N(C)C(=O)C6C5F)C(F)C4F)C(F)C3C2=O)C1F. The molecule has 0 aromatic rings. The van der Waals surface area contributed by atoms with Crippen molar-refractivity contribution in [2.75, 3.05) is 7.05 Å². The Hall–Kier alpha value is -2.42. The third-order valence-electron chi connectivity index (χ3n) is 11.3. The first-order valence-electron chi connectivity index (χ1n) is 16.1. The van der Waals surface area contributed by atoms with Gasteiger partial charge in [0, 0.05) is 13.0 Å². The van der Waals surface area contributed by atoms with Crippen LogP contribution in [0.1, 0.15) is 6.92 Å². The zero-order valence-electron chi connectivity index (χ0n) is 26.5. The average molecular weight is 797 g/mol. The number of likely N-dealkylation sites (tertiary alicyclic amines) is 2. The summed E-state index contributed by atoms with van der Waals surface area (Å²) in [7, 11) is 0.828. The lowest BCUT2D eigenvalue weighted by atomic mass is 9.75. The van der Waals surface area contributed by atoms with Crippen LogP contribution in [0.15, 0.2) is 0 Å². The minimum absolute atomic E-state index is 0.247. The number of imide groups is 2. The highest BCUT2D eigenvalue weighted by Crippen LogP contribution is 2.49. The topological polar surface area (TPSA) is 93.2 Å². The minimum atomic E-state index is -3.52. The first kappa shape index (κ1) is 39.3. The summed E-state index contributed by atoms with van der Waals surface area (Å²) in [4.78, 5) is 50.8. The van der Waals surface area contributed by atoms with Crippen LogP contribution in [0.4, 0.5) is 57.1 Å². The second-order valence-electron chi connectivity index (χ2n) is 14.1. The quantitative estimate of drug-likeness (QED) is 0.241. The first-order chi connectivity index (χ1) is 24.2. The van der Waals surface area contributed by atoms with Crippen LogP contribution < -0.4 is 0 Å². The molecule has 0 spiro atoms. The third-order valence-corrected chi connectivity index (χ3v) is 11.8. The molecular weight excluding hydrogens is 767 g/mol. The Bertz CT molecular complexity index is 1430. The zero-order valence-corrected chi connectivity index (χ0v) is 27.2. The van der Waals surface area contributed by atoms with Crippen LogP contribution in [0.3, 0.4) is 0 Å². The fraction of sp³-hybridized carbons (Fsp3) is 0.867. The highest BCUT2D eigenvalue weighted by Gasteiger charge is 2.69. The van der Waals surface area contributed by atoms with Crippen molar-refractivity contribution in [3.63, 3.8) is 0 Å². The number of amides is 4. The molecule has 6 fully saturated rings. The van der Waals surface area contributed by atoms with Gasteiger partial charge in [0.1, 0.15) is 73.7 Å². The molecule has 2 aliphatic heterocycles. The third kappa shape index (κ3) is 5.45. The van der Waals surface area contributed by atoms with E-state index in [4.69, 9.17) is 11.6 Å². The lowest BCUT2D eigenvalue weighted by Gasteiger charge is -2.45. The van der Waals surface area contributed by atoms with E-state index in [9.17, 15) is 32.3 Å². The number of nitrogens with zero attached hydrogens (tertiary/aromatic N) is 2. The zero-order chi connectivity index (χ0) is 38.7. The Balaban J connectivity index is 1.20. The Morgan fingerprint density at radius 2 is 0.750 bits per heavy atom. The molecule has 0 aromatic carbocycles. The molecule has 22 heteroatoms. The van der Waals surface area contributed by atoms with E-state index in [1.807, 2.05) is 0 Å². The molecule has 0 radical (unpaired) electrons. The van der Waals surface area contributed by atoms with Crippen molar-refractivity contribution < 1.29 is 85.7 Å². The van der Waals surface area contributed by atoms with Crippen LogP contribution in [0.25, 0.3) is 0 Å². The van der Waals surface area contributed by atoms with E-state index in [0.29, 0.717) is 0 Å². The lowest BCUT2D eigenvalue weighted by Crippen LogP contribution is -2.65. The number of carbonyl (C=O) groups excluding carboxylic acids is 4. The second kappa shape index (κ2) is 13.7. The van der Waals surface area contributed by atoms with E-state index in [1.165, 1.54) is 0 Å². The summed E-state index contributed by atoms with van der Waals surface area (Å²) in [6, 6.07) is -2.52. The molecule has 4 amide bonds. The summed E-state index contributed by atoms with van der Waals surface area (Å²) in [5, 5.41) is -2.14. The maximum atomic E-state index is 15.9. The standard InChI is InChI=1S/C30H30ClF13N2O6/c1-3-9(32)8(31)15(38)22(10(3)33)46-29(49)5-7(30(46)50)14(37)24(17(40)12(5)35)52-26-20(43)18(41)25(19(42)21(26)44)51-23-13(36)6-4(11(34)16(23)39)27(47)45(2)28(6)48/h3-26H,1-2H3. The Morgan fingerprint density at radius 3 is 1.15 bits per heavy atom. The molecule has 294 valence electrons. The number of alkyl halides is 14. The van der Waals surface area contributed by atoms with Gasteiger partial charge in [-0.05, 0) is 0 Å². The van der Waals surface area contributed by atoms with Crippen LogP contribution in [-0.2, 0) is 28.7 Å². The van der Waals surface area contributed by atoms with Gasteiger partial charge in [0.05, 0.1) is 29.0 Å². The maximum absolute atomic E-state index is 15.9. The first-order valence-corrected chi connectivity index (χ1v) is 16.6. The van der Waals surface area contributed by atoms with Gasteiger partial charge in [-0.15, -0.1) is 11.6 Å². The molecule has 0 bridgehead atoms. The number of fused-ring (bicyclic) bond motifs is 2. The maximum Gasteiger partial charge on any atom is 0.236 e. The summed E-state index contributed by atoms with van der Waals surface area (Å²) in [5.74, 6) is -17.7. The Labute approximate surface area is 290 Å². The molecule has 2 saturated heterocycles. The molecule has 8 nitrogen and oxygen atoms in total. The summed E-state index contributed by atoms with van der Waals surface area (Å²) in [6.07, 6.45) is -53.1. The smallest absolute Gasteiger partial charge is 0.236 e. The molecule has 6 rings (SSSR count). The highest BCUT2D eigenvalue weighted by molar-refractivity contribution is 6.21. The summed E-state index contributed by atoms with van der Waals surface area (Å²) in [5.41, 5.74) is 0. The number of carbonyl (C=O) groups is 4. The number of halogens is 14. The van der Waals surface area contributed by atoms with Crippen molar-refractivity contribution in [3.8, 4) is 0 Å². The number of ether oxygens (including phenoxy) is 2. The van der Waals surface area contributed by atoms with Crippen LogP contribution in [0, 0.1) is 29.6 Å². The predicted octanol–water partition coefficient (Wildman–Crippen LogP) is 3.39. The molecule has 0 aromatic heterocycles. The van der Waals surface area contributed by atoms with Crippen molar-refractivity contribution in [1.29, 1.82) is 0 Å². The summed E-state index contributed by atoms with van der Waals surface area (Å²) < 4.78 is 207. The molecular formula is C30H30ClF13N2O6. The molecule has 52 heavy (non-hydrogen) atoms. The average Bonchev–Trinajstić information content (AvgIpc) is 3.50. The van der Waals surface area contributed by atoms with E-state index in [-0.39, 0.29) is 9.80 Å². The van der Waals surface area contributed by atoms with E-state index in [1.54, 1.807) is 0 Å². The van der Waals surface area contributed by atoms with Crippen molar-refractivity contribution >= 4 is 35.2 Å². The largest absolute Gasteiger partial charge is 0.362 e. The van der Waals surface area contributed by atoms with E-state index >= 15 is 43.9 Å². The predicted molar refractivity (Wildman–Crippen MR) is 147 cm³/mol. The molecule has 22 unspecified atom stereocenters. The van der Waals surface area contributed by atoms with Gasteiger partial charge >= 0.3 is 0 Å². The molecule has 4 aliphatic carbocycles. The van der Waals surface area contributed by atoms with Gasteiger partial charge in [0.2, 0.25) is 23.6 Å². The monoisotopic (exact) mass is 796 g/mol. The fourth-order valence-electron chi connectivity index (χ4n) is 8.39. The van der Waals surface area contributed by atoms with Gasteiger partial charge in [-0.25, -0.2) is 57.1 Å². The van der Waals surface area contributed by atoms with Crippen LogP contribution in [0.2, 0.25) is 0 Å². The van der Waals surface area contributed by atoms with Gasteiger partial charge in [0.15, 0.2) is 37.0 Å². The highest BCUT2D eigenvalue weighted by atomic mass is 35.5. The summed E-state index contributed by atoms with van der Waals surface area (Å²) >= 11 is 5.67. The van der Waals surface area contributed by atoms with E-state index in [0.717, 1.165) is 14.0 Å². The van der Waals surface area contributed by atoms with Crippen LogP contribution in [-0.4, -0.2) is 157 Å². The van der Waals surface area contributed by atoms with Gasteiger partial charge in [0.25, 0.3) is 0 Å². The second-order valence-corrected chi connectivity index (χ2v) is 14.6. The van der Waals surface area contributed by atoms with Crippen molar-refractivity contribution in [2.45, 2.75) is 123 Å². The molecule has 4 saturated carbocycles. The van der Waals surface area contributed by atoms with E-state index in [2.05, 4.69) is 9.47 Å². The molecule has 6 aliphatic rings. The normalized spacial score (nSPS) is 55.5. The number of hydrogen-bond acceptors (Lipinski definition) is 6. The van der Waals surface area contributed by atoms with Crippen molar-refractivity contribution in [3.05, 3.63) is 0 Å². The fourth-order valence-corrected chi connectivity index (χ4v) is 8.77. The Kier molecular flexibility index (Phi) is 10.4. The summed E-state index contributed by atoms with van der Waals surface area (Å²) in [6.45, 7) is 0.904. The lowest BCUT2D eigenvalue weighted by molar-refractivity contribution is -0.244. The van der Waals surface area contributed by atoms with Crippen LogP contribution in [0.5, 0.6) is 0 Å². The van der Waals surface area contributed by atoms with Gasteiger partial charge in [-0.2, -0.15) is 0 Å². The van der Waals surface area contributed by atoms with Crippen molar-refractivity contribution in [2.24, 2.45) is 29.6 Å². The van der Waals surface area contributed by atoms with Gasteiger partial charge in [-0.1, -0.05) is 6.92 Å². The number of rotatable bonds is 5. The molecule has 22 atom stereocenters. The molecule has 0 N–H and O–H groups in total. The minimum Gasteiger partial charge on any atom is -0.362 e. The van der Waals surface area contributed by atoms with Gasteiger partial charge < -0.3 is 9.47 Å².